The van der Waals surface area contributed by atoms with Gasteiger partial charge >= 0.3 is 5.97 Å². The van der Waals surface area contributed by atoms with Crippen LogP contribution in [0.4, 0.5) is 4.39 Å². The SMILES string of the molecule is O=C(O)CCC(O)=c1c(=O)cc(-c2ccc(Cl)c(F)c2)n2ncnc12. The minimum atomic E-state index is -1.11. The van der Waals surface area contributed by atoms with E-state index in [2.05, 4.69) is 10.1 Å². The van der Waals surface area contributed by atoms with E-state index in [1.165, 1.54) is 29.0 Å². The molecule has 0 saturated heterocycles. The summed E-state index contributed by atoms with van der Waals surface area (Å²) < 4.78 is 15.0. The Labute approximate surface area is 144 Å². The highest BCUT2D eigenvalue weighted by molar-refractivity contribution is 6.30. The molecule has 0 bridgehead atoms. The van der Waals surface area contributed by atoms with Gasteiger partial charge in [0.2, 0.25) is 0 Å². The Morgan fingerprint density at radius 2 is 2.00 bits per heavy atom. The second-order valence-electron chi connectivity index (χ2n) is 5.23. The lowest BCUT2D eigenvalue weighted by atomic mass is 10.1. The van der Waals surface area contributed by atoms with E-state index in [1.807, 2.05) is 0 Å². The molecular weight excluding hydrogens is 353 g/mol. The van der Waals surface area contributed by atoms with Gasteiger partial charge in [0.05, 0.1) is 17.1 Å². The number of hydrogen-bond acceptors (Lipinski definition) is 5. The van der Waals surface area contributed by atoms with Gasteiger partial charge in [0, 0.05) is 18.1 Å². The summed E-state index contributed by atoms with van der Waals surface area (Å²) >= 11 is 5.67. The second-order valence-corrected chi connectivity index (χ2v) is 5.64. The summed E-state index contributed by atoms with van der Waals surface area (Å²) in [5.74, 6) is -2.15. The van der Waals surface area contributed by atoms with Gasteiger partial charge in [-0.2, -0.15) is 5.10 Å². The summed E-state index contributed by atoms with van der Waals surface area (Å²) in [6.45, 7) is 0. The van der Waals surface area contributed by atoms with Crippen molar-refractivity contribution >= 4 is 29.0 Å². The lowest BCUT2D eigenvalue weighted by molar-refractivity contribution is -0.136. The van der Waals surface area contributed by atoms with Gasteiger partial charge in [0.15, 0.2) is 11.1 Å². The maximum absolute atomic E-state index is 13.7. The molecule has 2 aromatic heterocycles. The first-order valence-corrected chi connectivity index (χ1v) is 7.52. The third-order valence-corrected chi connectivity index (χ3v) is 3.90. The summed E-state index contributed by atoms with van der Waals surface area (Å²) in [7, 11) is 0. The average molecular weight is 364 g/mol. The molecule has 128 valence electrons. The van der Waals surface area contributed by atoms with Crippen molar-refractivity contribution in [2.45, 2.75) is 12.8 Å². The van der Waals surface area contributed by atoms with Gasteiger partial charge in [-0.05, 0) is 12.1 Å². The second kappa shape index (κ2) is 6.48. The molecule has 7 nitrogen and oxygen atoms in total. The Bertz CT molecular complexity index is 1100. The fraction of sp³-hybridized carbons (Fsp3) is 0.125. The van der Waals surface area contributed by atoms with Gasteiger partial charge in [-0.1, -0.05) is 17.7 Å². The third kappa shape index (κ3) is 3.16. The summed E-state index contributed by atoms with van der Waals surface area (Å²) in [6, 6.07) is 5.21. The van der Waals surface area contributed by atoms with Gasteiger partial charge in [0.1, 0.15) is 23.1 Å². The fourth-order valence-corrected chi connectivity index (χ4v) is 2.56. The molecular formula is C16H11ClFN3O4. The molecule has 0 aliphatic carbocycles. The Balaban J connectivity index is 2.26. The van der Waals surface area contributed by atoms with Gasteiger partial charge in [0.25, 0.3) is 0 Å². The molecule has 9 heteroatoms. The number of aliphatic carboxylic acids is 1. The number of aromatic nitrogens is 3. The summed E-state index contributed by atoms with van der Waals surface area (Å²) in [4.78, 5) is 27.0. The van der Waals surface area contributed by atoms with Crippen LogP contribution >= 0.6 is 11.6 Å². The molecule has 25 heavy (non-hydrogen) atoms. The number of carboxylic acid groups (broad SMARTS) is 1. The van der Waals surface area contributed by atoms with Crippen LogP contribution in [0.5, 0.6) is 0 Å². The topological polar surface area (TPSA) is 105 Å². The molecule has 0 spiro atoms. The number of aliphatic hydroxyl groups excluding tert-OH is 1. The first kappa shape index (κ1) is 16.8. The maximum Gasteiger partial charge on any atom is 0.303 e. The van der Waals surface area contributed by atoms with Crippen LogP contribution in [0, 0.1) is 5.82 Å². The van der Waals surface area contributed by atoms with Crippen molar-refractivity contribution in [2.24, 2.45) is 0 Å². The van der Waals surface area contributed by atoms with Crippen LogP contribution < -0.4 is 10.6 Å². The first-order valence-electron chi connectivity index (χ1n) is 7.14. The molecule has 0 radical (unpaired) electrons. The molecule has 2 heterocycles. The summed E-state index contributed by atoms with van der Waals surface area (Å²) in [5, 5.41) is 22.6. The van der Waals surface area contributed by atoms with Crippen molar-refractivity contribution in [1.29, 1.82) is 0 Å². The van der Waals surface area contributed by atoms with E-state index >= 15 is 0 Å². The van der Waals surface area contributed by atoms with E-state index in [0.29, 0.717) is 5.56 Å². The minimum absolute atomic E-state index is 0.0562. The molecule has 0 aliphatic heterocycles. The highest BCUT2D eigenvalue weighted by Crippen LogP contribution is 2.23. The van der Waals surface area contributed by atoms with Crippen LogP contribution in [0.3, 0.4) is 0 Å². The van der Waals surface area contributed by atoms with Crippen molar-refractivity contribution in [3.05, 3.63) is 56.9 Å². The zero-order valence-electron chi connectivity index (χ0n) is 12.6. The number of pyridine rings is 1. The van der Waals surface area contributed by atoms with Crippen LogP contribution in [0.1, 0.15) is 12.8 Å². The van der Waals surface area contributed by atoms with E-state index in [9.17, 15) is 19.1 Å². The minimum Gasteiger partial charge on any atom is -0.511 e. The number of rotatable bonds is 4. The number of benzene rings is 1. The average Bonchev–Trinajstić information content (AvgIpc) is 3.03. The number of halogens is 2. The van der Waals surface area contributed by atoms with Gasteiger partial charge in [-0.3, -0.25) is 9.59 Å². The standard InChI is InChI=1S/C16H11ClFN3O4/c17-9-2-1-8(5-10(9)18)11-6-13(23)15(12(22)3-4-14(24)25)16-19-7-20-21(11)16/h1-2,5-7,22H,3-4H2,(H,24,25). The van der Waals surface area contributed by atoms with Crippen molar-refractivity contribution in [1.82, 2.24) is 14.6 Å². The predicted octanol–water partition coefficient (Wildman–Crippen LogP) is 1.80. The number of carbonyl (C=O) groups is 1. The molecule has 0 aliphatic rings. The Kier molecular flexibility index (Phi) is 4.37. The van der Waals surface area contributed by atoms with E-state index in [0.717, 1.165) is 6.07 Å². The van der Waals surface area contributed by atoms with E-state index in [-0.39, 0.29) is 40.2 Å². The predicted molar refractivity (Wildman–Crippen MR) is 87.8 cm³/mol. The van der Waals surface area contributed by atoms with Crippen molar-refractivity contribution in [3.8, 4) is 11.3 Å². The number of nitrogens with zero attached hydrogens (tertiary/aromatic N) is 3. The number of carboxylic acids is 1. The zero-order chi connectivity index (χ0) is 18.1. The fourth-order valence-electron chi connectivity index (χ4n) is 2.44. The van der Waals surface area contributed by atoms with E-state index < -0.39 is 17.2 Å². The number of hydrogen-bond donors (Lipinski definition) is 2. The Hall–Kier alpha value is -3.00. The van der Waals surface area contributed by atoms with Crippen molar-refractivity contribution < 1.29 is 19.4 Å². The molecule has 0 atom stereocenters. The van der Waals surface area contributed by atoms with Crippen molar-refractivity contribution in [3.63, 3.8) is 0 Å². The molecule has 3 aromatic rings. The largest absolute Gasteiger partial charge is 0.511 e. The smallest absolute Gasteiger partial charge is 0.303 e. The highest BCUT2D eigenvalue weighted by Gasteiger charge is 2.14. The van der Waals surface area contributed by atoms with Gasteiger partial charge < -0.3 is 10.2 Å². The molecule has 0 saturated carbocycles. The Morgan fingerprint density at radius 1 is 1.24 bits per heavy atom. The van der Waals surface area contributed by atoms with Crippen LogP contribution in [-0.4, -0.2) is 30.8 Å². The molecule has 0 amide bonds. The lowest BCUT2D eigenvalue weighted by Crippen LogP contribution is -2.30. The molecule has 2 N–H and O–H groups in total. The van der Waals surface area contributed by atoms with Crippen LogP contribution in [0.2, 0.25) is 5.02 Å². The number of fused-ring (bicyclic) bond motifs is 1. The molecule has 0 unspecified atom stereocenters. The van der Waals surface area contributed by atoms with E-state index in [1.54, 1.807) is 0 Å². The normalized spacial score (nSPS) is 12.4. The quantitative estimate of drug-likeness (QED) is 0.732. The first-order chi connectivity index (χ1) is 11.9. The van der Waals surface area contributed by atoms with Gasteiger partial charge in [-0.15, -0.1) is 0 Å². The van der Waals surface area contributed by atoms with Crippen LogP contribution in [0.15, 0.2) is 35.4 Å². The molecule has 1 aromatic carbocycles. The third-order valence-electron chi connectivity index (χ3n) is 3.59. The monoisotopic (exact) mass is 363 g/mol. The maximum atomic E-state index is 13.7. The number of aliphatic hydroxyl groups is 1. The summed E-state index contributed by atoms with van der Waals surface area (Å²) in [6.07, 6.45) is 0.621. The lowest BCUT2D eigenvalue weighted by Gasteiger charge is -2.06. The van der Waals surface area contributed by atoms with Crippen molar-refractivity contribution in [2.75, 3.05) is 0 Å². The van der Waals surface area contributed by atoms with Crippen LogP contribution in [-0.2, 0) is 4.79 Å². The Morgan fingerprint density at radius 3 is 2.68 bits per heavy atom. The van der Waals surface area contributed by atoms with E-state index in [4.69, 9.17) is 16.7 Å². The molecule has 0 fully saturated rings. The van der Waals surface area contributed by atoms with Gasteiger partial charge in [-0.25, -0.2) is 13.9 Å². The summed E-state index contributed by atoms with van der Waals surface area (Å²) in [5.41, 5.74) is 0.100. The molecule has 3 rings (SSSR count). The van der Waals surface area contributed by atoms with Crippen LogP contribution in [0.25, 0.3) is 22.7 Å². The highest BCUT2D eigenvalue weighted by atomic mass is 35.5. The zero-order valence-corrected chi connectivity index (χ0v) is 13.4.